The van der Waals surface area contributed by atoms with Crippen LogP contribution in [0.1, 0.15) is 30.6 Å². The number of rotatable bonds is 5. The fourth-order valence-electron chi connectivity index (χ4n) is 1.26. The summed E-state index contributed by atoms with van der Waals surface area (Å²) >= 11 is 0. The maximum absolute atomic E-state index is 11.9. The van der Waals surface area contributed by atoms with Gasteiger partial charge in [0.15, 0.2) is 5.78 Å². The molecule has 0 unspecified atom stereocenters. The summed E-state index contributed by atoms with van der Waals surface area (Å²) in [6.45, 7) is 4.44. The van der Waals surface area contributed by atoms with Crippen molar-refractivity contribution in [3.63, 3.8) is 0 Å². The molecule has 0 amide bonds. The van der Waals surface area contributed by atoms with Crippen molar-refractivity contribution in [2.75, 3.05) is 6.61 Å². The lowest BCUT2D eigenvalue weighted by molar-refractivity contribution is 0.102. The van der Waals surface area contributed by atoms with Gasteiger partial charge in [-0.15, -0.1) is 0 Å². The van der Waals surface area contributed by atoms with Gasteiger partial charge in [0.05, 0.1) is 12.9 Å². The van der Waals surface area contributed by atoms with Gasteiger partial charge in [0.25, 0.3) is 0 Å². The normalized spacial score (nSPS) is 11.2. The molecule has 1 aromatic rings. The zero-order valence-electron chi connectivity index (χ0n) is 9.19. The lowest BCUT2D eigenvalue weighted by Gasteiger charge is -2.04. The molecule has 0 aliphatic carbocycles. The average molecular weight is 204 g/mol. The van der Waals surface area contributed by atoms with Crippen LogP contribution in [0.25, 0.3) is 0 Å². The Hall–Kier alpha value is -1.57. The van der Waals surface area contributed by atoms with Crippen molar-refractivity contribution >= 4 is 5.78 Å². The van der Waals surface area contributed by atoms with Crippen LogP contribution < -0.4 is 0 Å². The van der Waals surface area contributed by atoms with Crippen LogP contribution in [0.5, 0.6) is 0 Å². The molecule has 80 valence electrons. The average Bonchev–Trinajstić information content (AvgIpc) is 2.31. The van der Waals surface area contributed by atoms with Crippen LogP contribution in [0.4, 0.5) is 0 Å². The number of benzene rings is 1. The van der Waals surface area contributed by atoms with Crippen molar-refractivity contribution in [3.05, 3.63) is 47.7 Å². The van der Waals surface area contributed by atoms with Gasteiger partial charge in [-0.1, -0.05) is 37.3 Å². The molecule has 0 aliphatic heterocycles. The predicted octanol–water partition coefficient (Wildman–Crippen LogP) is 3.20. The third kappa shape index (κ3) is 3.24. The van der Waals surface area contributed by atoms with Crippen LogP contribution in [-0.2, 0) is 4.74 Å². The summed E-state index contributed by atoms with van der Waals surface area (Å²) in [5.41, 5.74) is 1.42. The van der Waals surface area contributed by atoms with Crippen molar-refractivity contribution in [1.29, 1.82) is 0 Å². The van der Waals surface area contributed by atoms with E-state index in [0.717, 1.165) is 0 Å². The summed E-state index contributed by atoms with van der Waals surface area (Å²) in [7, 11) is 0. The number of hydrogen-bond donors (Lipinski definition) is 0. The van der Waals surface area contributed by atoms with E-state index in [1.165, 1.54) is 0 Å². The molecule has 1 rings (SSSR count). The molecule has 0 radical (unpaired) electrons. The predicted molar refractivity (Wildman–Crippen MR) is 60.8 cm³/mol. The molecule has 1 aromatic carbocycles. The van der Waals surface area contributed by atoms with Gasteiger partial charge in [0.2, 0.25) is 0 Å². The van der Waals surface area contributed by atoms with Gasteiger partial charge in [-0.05, 0) is 13.3 Å². The van der Waals surface area contributed by atoms with Crippen molar-refractivity contribution in [2.24, 2.45) is 0 Å². The number of ketones is 1. The van der Waals surface area contributed by atoms with Gasteiger partial charge in [-0.25, -0.2) is 0 Å². The molecule has 2 nitrogen and oxygen atoms in total. The van der Waals surface area contributed by atoms with Crippen LogP contribution in [0.15, 0.2) is 42.2 Å². The largest absolute Gasteiger partial charge is 0.501 e. The Morgan fingerprint density at radius 2 is 1.93 bits per heavy atom. The van der Waals surface area contributed by atoms with E-state index in [0.29, 0.717) is 24.2 Å². The Kier molecular flexibility index (Phi) is 4.61. The van der Waals surface area contributed by atoms with E-state index in [1.807, 2.05) is 44.2 Å². The maximum atomic E-state index is 11.9. The molecule has 2 heteroatoms. The third-order valence-corrected chi connectivity index (χ3v) is 2.10. The number of Topliss-reactive ketones (excluding diaryl/α,β-unsaturated/α-hetero) is 1. The zero-order valence-corrected chi connectivity index (χ0v) is 9.19. The van der Waals surface area contributed by atoms with E-state index < -0.39 is 0 Å². The van der Waals surface area contributed by atoms with Gasteiger partial charge in [0.1, 0.15) is 0 Å². The molecule has 0 saturated carbocycles. The highest BCUT2D eigenvalue weighted by Crippen LogP contribution is 2.11. The highest BCUT2D eigenvalue weighted by atomic mass is 16.5. The summed E-state index contributed by atoms with van der Waals surface area (Å²) < 4.78 is 5.15. The molecule has 0 spiro atoms. The highest BCUT2D eigenvalue weighted by molar-refractivity contribution is 6.08. The minimum absolute atomic E-state index is 0.0477. The van der Waals surface area contributed by atoms with Crippen molar-refractivity contribution in [2.45, 2.75) is 20.3 Å². The minimum atomic E-state index is 0.0477. The first-order valence-corrected chi connectivity index (χ1v) is 5.20. The monoisotopic (exact) mass is 204 g/mol. The van der Waals surface area contributed by atoms with Crippen molar-refractivity contribution in [3.8, 4) is 0 Å². The lowest BCUT2D eigenvalue weighted by Crippen LogP contribution is -2.03. The smallest absolute Gasteiger partial charge is 0.192 e. The zero-order chi connectivity index (χ0) is 11.1. The van der Waals surface area contributed by atoms with Gasteiger partial charge < -0.3 is 4.74 Å². The molecule has 0 bridgehead atoms. The first-order valence-electron chi connectivity index (χ1n) is 5.20. The Morgan fingerprint density at radius 1 is 1.27 bits per heavy atom. The molecule has 0 saturated heterocycles. The topological polar surface area (TPSA) is 26.3 Å². The molecule has 0 aliphatic rings. The van der Waals surface area contributed by atoms with Gasteiger partial charge >= 0.3 is 0 Å². The van der Waals surface area contributed by atoms with E-state index in [9.17, 15) is 4.79 Å². The summed E-state index contributed by atoms with van der Waals surface area (Å²) in [4.78, 5) is 11.9. The second-order valence-corrected chi connectivity index (χ2v) is 3.15. The Balaban J connectivity index is 2.83. The van der Waals surface area contributed by atoms with E-state index in [-0.39, 0.29) is 5.78 Å². The molecule has 0 heterocycles. The summed E-state index contributed by atoms with van der Waals surface area (Å²) in [6.07, 6.45) is 2.25. The maximum Gasteiger partial charge on any atom is 0.192 e. The fraction of sp³-hybridized carbons (Fsp3) is 0.308. The quantitative estimate of drug-likeness (QED) is 0.418. The fourth-order valence-corrected chi connectivity index (χ4v) is 1.26. The first kappa shape index (κ1) is 11.5. The molecule has 0 atom stereocenters. The van der Waals surface area contributed by atoms with Crippen molar-refractivity contribution in [1.82, 2.24) is 0 Å². The van der Waals surface area contributed by atoms with Crippen LogP contribution >= 0.6 is 0 Å². The molecule has 0 aromatic heterocycles. The Bertz CT molecular complexity index is 339. The molecular formula is C13H16O2. The van der Waals surface area contributed by atoms with E-state index in [2.05, 4.69) is 0 Å². The summed E-state index contributed by atoms with van der Waals surface area (Å²) in [5.74, 6) is 0.0477. The molecule has 0 N–H and O–H groups in total. The second-order valence-electron chi connectivity index (χ2n) is 3.15. The van der Waals surface area contributed by atoms with Crippen LogP contribution in [-0.4, -0.2) is 12.4 Å². The van der Waals surface area contributed by atoms with Gasteiger partial charge in [0, 0.05) is 11.1 Å². The molecule has 15 heavy (non-hydrogen) atoms. The van der Waals surface area contributed by atoms with Crippen LogP contribution in [0, 0.1) is 0 Å². The third-order valence-electron chi connectivity index (χ3n) is 2.10. The summed E-state index contributed by atoms with van der Waals surface area (Å²) in [6, 6.07) is 9.26. The van der Waals surface area contributed by atoms with Gasteiger partial charge in [-0.3, -0.25) is 4.79 Å². The summed E-state index contributed by atoms with van der Waals surface area (Å²) in [5, 5.41) is 0. The van der Waals surface area contributed by atoms with E-state index in [1.54, 1.807) is 6.26 Å². The molecular weight excluding hydrogens is 188 g/mol. The number of allylic oxidation sites excluding steroid dienone is 1. The van der Waals surface area contributed by atoms with Gasteiger partial charge in [-0.2, -0.15) is 0 Å². The number of carbonyl (C=O) groups is 1. The second kappa shape index (κ2) is 6.02. The lowest BCUT2D eigenvalue weighted by atomic mass is 10.0. The number of carbonyl (C=O) groups excluding carboxylic acids is 1. The number of hydrogen-bond acceptors (Lipinski definition) is 2. The Morgan fingerprint density at radius 3 is 2.47 bits per heavy atom. The highest BCUT2D eigenvalue weighted by Gasteiger charge is 2.09. The Labute approximate surface area is 90.6 Å². The standard InChI is InChI=1S/C13H16O2/c1-3-11(10-15-4-2)13(14)12-8-6-5-7-9-12/h5-10H,3-4H2,1-2H3/b11-10-. The van der Waals surface area contributed by atoms with Crippen LogP contribution in [0.3, 0.4) is 0 Å². The molecule has 0 fully saturated rings. The van der Waals surface area contributed by atoms with Crippen LogP contribution in [0.2, 0.25) is 0 Å². The SMILES string of the molecule is CCO/C=C(/CC)C(=O)c1ccccc1. The van der Waals surface area contributed by atoms with E-state index in [4.69, 9.17) is 4.74 Å². The van der Waals surface area contributed by atoms with Crippen molar-refractivity contribution < 1.29 is 9.53 Å². The van der Waals surface area contributed by atoms with E-state index >= 15 is 0 Å². The number of ether oxygens (including phenoxy) is 1. The minimum Gasteiger partial charge on any atom is -0.501 e. The first-order chi connectivity index (χ1) is 7.29.